The van der Waals surface area contributed by atoms with Crippen LogP contribution in [-0.4, -0.2) is 59.0 Å². The van der Waals surface area contributed by atoms with Gasteiger partial charge in [-0.05, 0) is 31.7 Å². The Balaban J connectivity index is 0.00000132. The largest absolute Gasteiger partial charge is 0.375 e. The van der Waals surface area contributed by atoms with E-state index in [2.05, 4.69) is 10.4 Å². The number of amides is 1. The maximum absolute atomic E-state index is 12.6. The zero-order valence-corrected chi connectivity index (χ0v) is 15.0. The summed E-state index contributed by atoms with van der Waals surface area (Å²) in [4.78, 5) is 14.5. The number of morpholine rings is 1. The zero-order valence-electron chi connectivity index (χ0n) is 13.4. The first-order valence-electron chi connectivity index (χ1n) is 7.85. The lowest BCUT2D eigenvalue weighted by Gasteiger charge is -2.37. The number of carbonyl (C=O) groups is 1. The molecular weight excluding hydrogens is 339 g/mol. The molecule has 2 aliphatic rings. The average molecular weight is 365 g/mol. The molecule has 1 aromatic rings. The summed E-state index contributed by atoms with van der Waals surface area (Å²) in [7, 11) is 0. The van der Waals surface area contributed by atoms with Crippen LogP contribution < -0.4 is 5.32 Å². The minimum absolute atomic E-state index is 0. The molecule has 0 radical (unpaired) electrons. The molecule has 3 rings (SSSR count). The normalized spacial score (nSPS) is 25.3. The Labute approximate surface area is 149 Å². The average Bonchev–Trinajstić information content (AvgIpc) is 3.01. The Morgan fingerprint density at radius 2 is 2.09 bits per heavy atom. The highest BCUT2D eigenvalue weighted by atomic mass is 35.5. The molecule has 23 heavy (non-hydrogen) atoms. The first-order chi connectivity index (χ1) is 10.2. The topological polar surface area (TPSA) is 59.4 Å². The van der Waals surface area contributed by atoms with Gasteiger partial charge < -0.3 is 15.0 Å². The quantitative estimate of drug-likeness (QED) is 0.879. The van der Waals surface area contributed by atoms with Crippen molar-refractivity contribution in [2.45, 2.75) is 38.5 Å². The van der Waals surface area contributed by atoms with Crippen LogP contribution in [0.2, 0.25) is 0 Å². The lowest BCUT2D eigenvalue weighted by molar-refractivity contribution is -0.140. The summed E-state index contributed by atoms with van der Waals surface area (Å²) in [5.74, 6) is 0.807. The van der Waals surface area contributed by atoms with Crippen LogP contribution in [0.5, 0.6) is 0 Å². The van der Waals surface area contributed by atoms with Crippen molar-refractivity contribution in [3.05, 3.63) is 18.5 Å². The van der Waals surface area contributed by atoms with E-state index in [4.69, 9.17) is 4.74 Å². The number of piperidine rings is 1. The summed E-state index contributed by atoms with van der Waals surface area (Å²) in [6.45, 7) is 6.06. The number of likely N-dealkylation sites (tertiary alicyclic amines) is 1. The van der Waals surface area contributed by atoms with Gasteiger partial charge in [0.25, 0.3) is 0 Å². The fourth-order valence-corrected chi connectivity index (χ4v) is 3.22. The molecule has 1 aromatic heterocycles. The molecule has 0 saturated carbocycles. The number of aromatic nitrogens is 2. The highest BCUT2D eigenvalue weighted by Crippen LogP contribution is 2.20. The van der Waals surface area contributed by atoms with E-state index in [0.29, 0.717) is 12.5 Å². The Hall–Kier alpha value is -0.820. The van der Waals surface area contributed by atoms with Crippen molar-refractivity contribution in [1.82, 2.24) is 20.0 Å². The number of hydrogen-bond acceptors (Lipinski definition) is 4. The van der Waals surface area contributed by atoms with Gasteiger partial charge in [0.05, 0.1) is 12.7 Å². The van der Waals surface area contributed by atoms with Crippen LogP contribution in [0.3, 0.4) is 0 Å². The molecule has 0 spiro atoms. The summed E-state index contributed by atoms with van der Waals surface area (Å²) in [5.41, 5.74) is 0. The first-order valence-corrected chi connectivity index (χ1v) is 7.85. The van der Waals surface area contributed by atoms with Gasteiger partial charge in [0.2, 0.25) is 5.91 Å². The number of carbonyl (C=O) groups excluding carboxylic acids is 1. The van der Waals surface area contributed by atoms with Crippen LogP contribution in [0.15, 0.2) is 18.5 Å². The number of nitrogens with one attached hydrogen (secondary N) is 1. The van der Waals surface area contributed by atoms with E-state index in [1.54, 1.807) is 0 Å². The predicted molar refractivity (Wildman–Crippen MR) is 93.2 cm³/mol. The van der Waals surface area contributed by atoms with Crippen molar-refractivity contribution < 1.29 is 9.53 Å². The Kier molecular flexibility index (Phi) is 8.33. The molecule has 2 saturated heterocycles. The van der Waals surface area contributed by atoms with E-state index in [0.717, 1.165) is 39.0 Å². The minimum Gasteiger partial charge on any atom is -0.375 e. The van der Waals surface area contributed by atoms with Gasteiger partial charge in [0.15, 0.2) is 0 Å². The molecule has 132 valence electrons. The van der Waals surface area contributed by atoms with E-state index in [1.165, 1.54) is 0 Å². The molecule has 2 fully saturated rings. The molecule has 0 aliphatic carbocycles. The molecule has 0 aromatic carbocycles. The monoisotopic (exact) mass is 364 g/mol. The molecule has 8 heteroatoms. The lowest BCUT2D eigenvalue weighted by atomic mass is 9.96. The Morgan fingerprint density at radius 3 is 2.70 bits per heavy atom. The van der Waals surface area contributed by atoms with Gasteiger partial charge in [-0.15, -0.1) is 24.8 Å². The van der Waals surface area contributed by atoms with Crippen molar-refractivity contribution in [2.75, 3.05) is 26.2 Å². The molecule has 1 amide bonds. The Morgan fingerprint density at radius 1 is 1.35 bits per heavy atom. The SMILES string of the molecule is C[C@H]1OCCN[C@@H]1C(=O)N1CCC(Cn2cccn2)CC1.Cl.Cl. The van der Waals surface area contributed by atoms with E-state index in [1.807, 2.05) is 35.0 Å². The third-order valence-corrected chi connectivity index (χ3v) is 4.51. The molecule has 2 aliphatic heterocycles. The third kappa shape index (κ3) is 5.08. The number of hydrogen-bond donors (Lipinski definition) is 1. The maximum Gasteiger partial charge on any atom is 0.242 e. The second kappa shape index (κ2) is 9.47. The molecule has 2 atom stereocenters. The van der Waals surface area contributed by atoms with Gasteiger partial charge in [0.1, 0.15) is 6.04 Å². The standard InChI is InChI=1S/C15H24N4O2.2ClH/c1-12-14(16-6-10-21-12)15(20)18-8-3-13(4-9-18)11-19-7-2-5-17-19;;/h2,5,7,12-14,16H,3-4,6,8-11H2,1H3;2*1H/t12-,14+;;/m1../s1. The van der Waals surface area contributed by atoms with Crippen molar-refractivity contribution in [3.8, 4) is 0 Å². The molecule has 1 N–H and O–H groups in total. The van der Waals surface area contributed by atoms with E-state index < -0.39 is 0 Å². The summed E-state index contributed by atoms with van der Waals surface area (Å²) in [6.07, 6.45) is 5.88. The first kappa shape index (κ1) is 20.2. The second-order valence-corrected chi connectivity index (χ2v) is 6.00. The maximum atomic E-state index is 12.6. The van der Waals surface area contributed by atoms with Gasteiger partial charge in [-0.2, -0.15) is 5.10 Å². The van der Waals surface area contributed by atoms with Crippen LogP contribution in [-0.2, 0) is 16.1 Å². The van der Waals surface area contributed by atoms with Crippen molar-refractivity contribution in [1.29, 1.82) is 0 Å². The summed E-state index contributed by atoms with van der Waals surface area (Å²) in [5, 5.41) is 7.54. The van der Waals surface area contributed by atoms with Gasteiger partial charge in [0, 0.05) is 38.6 Å². The van der Waals surface area contributed by atoms with Crippen LogP contribution in [0.1, 0.15) is 19.8 Å². The van der Waals surface area contributed by atoms with Crippen LogP contribution in [0.25, 0.3) is 0 Å². The number of nitrogens with zero attached hydrogens (tertiary/aromatic N) is 3. The lowest BCUT2D eigenvalue weighted by Crippen LogP contribution is -2.57. The highest BCUT2D eigenvalue weighted by molar-refractivity contribution is 5.85. The minimum atomic E-state index is -0.179. The summed E-state index contributed by atoms with van der Waals surface area (Å²) < 4.78 is 7.56. The van der Waals surface area contributed by atoms with Gasteiger partial charge >= 0.3 is 0 Å². The van der Waals surface area contributed by atoms with E-state index >= 15 is 0 Å². The summed E-state index contributed by atoms with van der Waals surface area (Å²) in [6, 6.07) is 1.77. The second-order valence-electron chi connectivity index (χ2n) is 6.00. The fourth-order valence-electron chi connectivity index (χ4n) is 3.22. The van der Waals surface area contributed by atoms with Gasteiger partial charge in [-0.3, -0.25) is 9.48 Å². The fraction of sp³-hybridized carbons (Fsp3) is 0.733. The number of halogens is 2. The van der Waals surface area contributed by atoms with Crippen molar-refractivity contribution in [3.63, 3.8) is 0 Å². The van der Waals surface area contributed by atoms with E-state index in [-0.39, 0.29) is 42.9 Å². The molecule has 6 nitrogen and oxygen atoms in total. The van der Waals surface area contributed by atoms with Crippen LogP contribution in [0.4, 0.5) is 0 Å². The molecule has 3 heterocycles. The predicted octanol–water partition coefficient (Wildman–Crippen LogP) is 1.34. The molecule has 0 unspecified atom stereocenters. The van der Waals surface area contributed by atoms with Gasteiger partial charge in [-0.25, -0.2) is 0 Å². The van der Waals surface area contributed by atoms with Gasteiger partial charge in [-0.1, -0.05) is 0 Å². The highest BCUT2D eigenvalue weighted by Gasteiger charge is 2.33. The number of rotatable bonds is 3. The number of ether oxygens (including phenoxy) is 1. The molecule has 0 bridgehead atoms. The smallest absolute Gasteiger partial charge is 0.242 e. The molecular formula is C15H26Cl2N4O2. The third-order valence-electron chi connectivity index (χ3n) is 4.51. The van der Waals surface area contributed by atoms with Crippen molar-refractivity contribution in [2.24, 2.45) is 5.92 Å². The Bertz CT molecular complexity index is 464. The zero-order chi connectivity index (χ0) is 14.7. The van der Waals surface area contributed by atoms with E-state index in [9.17, 15) is 4.79 Å². The summed E-state index contributed by atoms with van der Waals surface area (Å²) >= 11 is 0. The van der Waals surface area contributed by atoms with Crippen molar-refractivity contribution >= 4 is 30.7 Å². The van der Waals surface area contributed by atoms with Crippen LogP contribution in [0, 0.1) is 5.92 Å². The van der Waals surface area contributed by atoms with Crippen LogP contribution >= 0.6 is 24.8 Å².